The number of carbonyl (C=O) groups is 1. The number of carbonyl (C=O) groups excluding carboxylic acids is 1. The monoisotopic (exact) mass is 391 g/mol. The Labute approximate surface area is 172 Å². The number of rotatable bonds is 7. The molecule has 0 spiro atoms. The van der Waals surface area contributed by atoms with Crippen LogP contribution in [0.15, 0.2) is 48.5 Å². The summed E-state index contributed by atoms with van der Waals surface area (Å²) >= 11 is 0. The van der Waals surface area contributed by atoms with E-state index in [-0.39, 0.29) is 11.9 Å². The molecule has 5 nitrogen and oxygen atoms in total. The van der Waals surface area contributed by atoms with Crippen LogP contribution in [-0.4, -0.2) is 28.3 Å². The van der Waals surface area contributed by atoms with Crippen molar-refractivity contribution in [3.63, 3.8) is 0 Å². The maximum Gasteiger partial charge on any atom is 0.251 e. The Morgan fingerprint density at radius 2 is 1.76 bits per heavy atom. The molecule has 1 N–H and O–H groups in total. The number of aromatic nitrogens is 2. The first-order chi connectivity index (χ1) is 13.8. The molecule has 5 heteroatoms. The van der Waals surface area contributed by atoms with Crippen molar-refractivity contribution in [1.29, 1.82) is 0 Å². The van der Waals surface area contributed by atoms with Gasteiger partial charge in [-0.15, -0.1) is 0 Å². The van der Waals surface area contributed by atoms with Crippen molar-refractivity contribution >= 4 is 5.91 Å². The molecule has 3 rings (SSSR count). The predicted molar refractivity (Wildman–Crippen MR) is 116 cm³/mol. The second-order valence-corrected chi connectivity index (χ2v) is 7.71. The SMILES string of the molecule is Cc1cc(C)n(Cc2ccc(C(=O)N[C@@H](C)COc3ccc(C)c(C)c3)cc2)n1. The standard InChI is InChI=1S/C24H29N3O2/c1-16-6-11-23(12-17(16)2)29-15-19(4)25-24(28)22-9-7-21(8-10-22)14-27-20(5)13-18(3)26-27/h6-13,19H,14-15H2,1-5H3,(H,25,28)/t19-/m0/s1. The number of ether oxygens (including phenoxy) is 1. The van der Waals surface area contributed by atoms with Crippen LogP contribution in [0.1, 0.15) is 45.4 Å². The summed E-state index contributed by atoms with van der Waals surface area (Å²) in [6, 6.07) is 15.6. The quantitative estimate of drug-likeness (QED) is 0.651. The number of hydrogen-bond donors (Lipinski definition) is 1. The van der Waals surface area contributed by atoms with Crippen LogP contribution in [0.4, 0.5) is 0 Å². The molecule has 0 saturated carbocycles. The highest BCUT2D eigenvalue weighted by molar-refractivity contribution is 5.94. The molecule has 0 unspecified atom stereocenters. The van der Waals surface area contributed by atoms with E-state index in [2.05, 4.69) is 30.3 Å². The van der Waals surface area contributed by atoms with Crippen molar-refractivity contribution in [2.24, 2.45) is 0 Å². The second-order valence-electron chi connectivity index (χ2n) is 7.71. The minimum atomic E-state index is -0.0986. The van der Waals surface area contributed by atoms with Crippen LogP contribution in [0.25, 0.3) is 0 Å². The Morgan fingerprint density at radius 3 is 2.38 bits per heavy atom. The zero-order valence-corrected chi connectivity index (χ0v) is 17.8. The zero-order chi connectivity index (χ0) is 21.0. The second kappa shape index (κ2) is 8.95. The molecular formula is C24H29N3O2. The highest BCUT2D eigenvalue weighted by Crippen LogP contribution is 2.16. The van der Waals surface area contributed by atoms with E-state index >= 15 is 0 Å². The first-order valence-corrected chi connectivity index (χ1v) is 9.92. The van der Waals surface area contributed by atoms with Crippen molar-refractivity contribution in [2.75, 3.05) is 6.61 Å². The highest BCUT2D eigenvalue weighted by Gasteiger charge is 2.11. The van der Waals surface area contributed by atoms with Crippen LogP contribution in [-0.2, 0) is 6.54 Å². The number of hydrogen-bond acceptors (Lipinski definition) is 3. The number of amides is 1. The molecule has 0 aliphatic carbocycles. The van der Waals surface area contributed by atoms with E-state index in [1.807, 2.05) is 67.9 Å². The van der Waals surface area contributed by atoms with Crippen molar-refractivity contribution in [3.05, 3.63) is 82.2 Å². The minimum Gasteiger partial charge on any atom is -0.491 e. The van der Waals surface area contributed by atoms with E-state index in [1.54, 1.807) is 0 Å². The molecular weight excluding hydrogens is 362 g/mol. The summed E-state index contributed by atoms with van der Waals surface area (Å²) in [4.78, 5) is 12.5. The molecule has 0 aliphatic rings. The topological polar surface area (TPSA) is 56.2 Å². The average Bonchev–Trinajstić information content (AvgIpc) is 3.00. The summed E-state index contributed by atoms with van der Waals surface area (Å²) in [5, 5.41) is 7.47. The normalized spacial score (nSPS) is 11.9. The Hall–Kier alpha value is -3.08. The fourth-order valence-corrected chi connectivity index (χ4v) is 3.14. The highest BCUT2D eigenvalue weighted by atomic mass is 16.5. The molecule has 0 saturated heterocycles. The van der Waals surface area contributed by atoms with Crippen LogP contribution in [0.3, 0.4) is 0 Å². The van der Waals surface area contributed by atoms with Gasteiger partial charge in [-0.2, -0.15) is 5.10 Å². The molecule has 0 bridgehead atoms. The molecule has 1 atom stereocenters. The molecule has 0 fully saturated rings. The summed E-state index contributed by atoms with van der Waals surface area (Å²) in [6.45, 7) is 11.2. The van der Waals surface area contributed by atoms with Gasteiger partial charge in [0.05, 0.1) is 18.3 Å². The predicted octanol–water partition coefficient (Wildman–Crippen LogP) is 4.36. The van der Waals surface area contributed by atoms with Gasteiger partial charge in [-0.3, -0.25) is 9.48 Å². The van der Waals surface area contributed by atoms with Gasteiger partial charge in [0, 0.05) is 11.3 Å². The van der Waals surface area contributed by atoms with E-state index < -0.39 is 0 Å². The molecule has 2 aromatic carbocycles. The van der Waals surface area contributed by atoms with Gasteiger partial charge in [0.1, 0.15) is 12.4 Å². The van der Waals surface area contributed by atoms with Crippen molar-refractivity contribution in [3.8, 4) is 5.75 Å². The Kier molecular flexibility index (Phi) is 6.37. The summed E-state index contributed by atoms with van der Waals surface area (Å²) < 4.78 is 7.78. The maximum absolute atomic E-state index is 12.5. The number of aryl methyl sites for hydroxylation is 4. The molecule has 152 valence electrons. The molecule has 1 amide bonds. The van der Waals surface area contributed by atoms with Gasteiger partial charge in [0.25, 0.3) is 5.91 Å². The van der Waals surface area contributed by atoms with Crippen LogP contribution in [0.2, 0.25) is 0 Å². The fourth-order valence-electron chi connectivity index (χ4n) is 3.14. The van der Waals surface area contributed by atoms with E-state index in [0.29, 0.717) is 18.7 Å². The van der Waals surface area contributed by atoms with Crippen molar-refractivity contribution < 1.29 is 9.53 Å². The lowest BCUT2D eigenvalue weighted by Crippen LogP contribution is -2.36. The first-order valence-electron chi connectivity index (χ1n) is 9.92. The van der Waals surface area contributed by atoms with E-state index in [1.165, 1.54) is 11.1 Å². The van der Waals surface area contributed by atoms with Gasteiger partial charge < -0.3 is 10.1 Å². The molecule has 29 heavy (non-hydrogen) atoms. The molecule has 3 aromatic rings. The lowest BCUT2D eigenvalue weighted by molar-refractivity contribution is 0.0926. The largest absolute Gasteiger partial charge is 0.491 e. The summed E-state index contributed by atoms with van der Waals surface area (Å²) in [5.74, 6) is 0.724. The third-order valence-corrected chi connectivity index (χ3v) is 5.01. The summed E-state index contributed by atoms with van der Waals surface area (Å²) in [6.07, 6.45) is 0. The maximum atomic E-state index is 12.5. The minimum absolute atomic E-state index is 0.0983. The van der Waals surface area contributed by atoms with Gasteiger partial charge in [-0.05, 0) is 81.6 Å². The average molecular weight is 392 g/mol. The van der Waals surface area contributed by atoms with Crippen LogP contribution in [0, 0.1) is 27.7 Å². The fraction of sp³-hybridized carbons (Fsp3) is 0.333. The molecule has 0 aliphatic heterocycles. The molecule has 1 aromatic heterocycles. The lowest BCUT2D eigenvalue weighted by atomic mass is 10.1. The van der Waals surface area contributed by atoms with Crippen LogP contribution in [0.5, 0.6) is 5.75 Å². The Balaban J connectivity index is 1.53. The number of nitrogens with one attached hydrogen (secondary N) is 1. The van der Waals surface area contributed by atoms with Gasteiger partial charge in [-0.1, -0.05) is 18.2 Å². The van der Waals surface area contributed by atoms with E-state index in [9.17, 15) is 4.79 Å². The van der Waals surface area contributed by atoms with Crippen LogP contribution < -0.4 is 10.1 Å². The Bertz CT molecular complexity index is 990. The Morgan fingerprint density at radius 1 is 1.03 bits per heavy atom. The van der Waals surface area contributed by atoms with E-state index in [4.69, 9.17) is 4.74 Å². The van der Waals surface area contributed by atoms with Gasteiger partial charge >= 0.3 is 0 Å². The van der Waals surface area contributed by atoms with Crippen molar-refractivity contribution in [2.45, 2.75) is 47.2 Å². The number of benzene rings is 2. The number of nitrogens with zero attached hydrogens (tertiary/aromatic N) is 2. The third-order valence-electron chi connectivity index (χ3n) is 5.01. The smallest absolute Gasteiger partial charge is 0.251 e. The van der Waals surface area contributed by atoms with Gasteiger partial charge in [0.2, 0.25) is 0 Å². The molecule has 1 heterocycles. The first kappa shape index (κ1) is 20.6. The molecule has 0 radical (unpaired) electrons. The summed E-state index contributed by atoms with van der Waals surface area (Å²) in [5.41, 5.74) is 6.32. The zero-order valence-electron chi connectivity index (χ0n) is 17.8. The van der Waals surface area contributed by atoms with Gasteiger partial charge in [-0.25, -0.2) is 0 Å². The van der Waals surface area contributed by atoms with E-state index in [0.717, 1.165) is 22.7 Å². The third kappa shape index (κ3) is 5.47. The van der Waals surface area contributed by atoms with Crippen molar-refractivity contribution in [1.82, 2.24) is 15.1 Å². The summed E-state index contributed by atoms with van der Waals surface area (Å²) in [7, 11) is 0. The van der Waals surface area contributed by atoms with Crippen LogP contribution >= 0.6 is 0 Å². The van der Waals surface area contributed by atoms with Gasteiger partial charge in [0.15, 0.2) is 0 Å². The lowest BCUT2D eigenvalue weighted by Gasteiger charge is -2.16.